The monoisotopic (exact) mass is 172 g/mol. The Labute approximate surface area is 68.6 Å². The molecule has 64 valence electrons. The van der Waals surface area contributed by atoms with Crippen LogP contribution in [-0.4, -0.2) is 19.1 Å². The van der Waals surface area contributed by atoms with Gasteiger partial charge in [0.1, 0.15) is 0 Å². The van der Waals surface area contributed by atoms with E-state index in [1.54, 1.807) is 0 Å². The first kappa shape index (κ1) is 8.78. The molecule has 1 aliphatic rings. The second-order valence-electron chi connectivity index (χ2n) is 4.82. The molecule has 11 heavy (non-hydrogen) atoms. The lowest BCUT2D eigenvalue weighted by Gasteiger charge is -2.20. The maximum absolute atomic E-state index is 10.8. The Hall–Kier alpha value is -0.313. The van der Waals surface area contributed by atoms with Gasteiger partial charge in [0.05, 0.1) is 5.41 Å². The molecule has 3 heteroatoms. The molecule has 1 aliphatic carbocycles. The molecule has 0 aromatic carbocycles. The largest absolute Gasteiger partial charge is 0.481 e. The smallest absolute Gasteiger partial charge is 0.309 e. The van der Waals surface area contributed by atoms with Crippen LogP contribution in [0.3, 0.4) is 0 Å². The van der Waals surface area contributed by atoms with E-state index >= 15 is 0 Å². The van der Waals surface area contributed by atoms with Crippen molar-refractivity contribution in [2.24, 2.45) is 5.41 Å². The summed E-state index contributed by atoms with van der Waals surface area (Å²) in [5.74, 6) is -0.570. The fraction of sp³-hybridized carbons (Fsp3) is 0.875. The number of rotatable bonds is 3. The third kappa shape index (κ3) is 2.06. The average Bonchev–Trinajstić information content (AvgIpc) is 2.43. The standard InChI is InChI=1S/C8H16O2Si/c1-11(2,3)6-8(4-5-8)7(9)10/h4-6H2,1-3H3,(H,9,10). The van der Waals surface area contributed by atoms with E-state index in [-0.39, 0.29) is 5.41 Å². The van der Waals surface area contributed by atoms with Crippen LogP contribution in [0.2, 0.25) is 25.7 Å². The highest BCUT2D eigenvalue weighted by atomic mass is 28.3. The van der Waals surface area contributed by atoms with Crippen LogP contribution in [0.1, 0.15) is 12.8 Å². The average molecular weight is 172 g/mol. The molecule has 0 unspecified atom stereocenters. The Balaban J connectivity index is 2.55. The van der Waals surface area contributed by atoms with Gasteiger partial charge in [0, 0.05) is 8.07 Å². The first-order chi connectivity index (χ1) is 4.86. The SMILES string of the molecule is C[Si](C)(C)CC1(C(=O)O)CC1. The van der Waals surface area contributed by atoms with Gasteiger partial charge in [-0.15, -0.1) is 0 Å². The minimum Gasteiger partial charge on any atom is -0.481 e. The van der Waals surface area contributed by atoms with Gasteiger partial charge in [-0.05, 0) is 18.9 Å². The number of hydrogen-bond acceptors (Lipinski definition) is 1. The predicted molar refractivity (Wildman–Crippen MR) is 47.5 cm³/mol. The fourth-order valence-electron chi connectivity index (χ4n) is 1.63. The number of aliphatic carboxylic acids is 1. The number of hydrogen-bond donors (Lipinski definition) is 1. The molecular weight excluding hydrogens is 156 g/mol. The van der Waals surface area contributed by atoms with Gasteiger partial charge in [0.15, 0.2) is 0 Å². The molecule has 1 rings (SSSR count). The summed E-state index contributed by atoms with van der Waals surface area (Å²) >= 11 is 0. The van der Waals surface area contributed by atoms with E-state index in [1.165, 1.54) is 0 Å². The van der Waals surface area contributed by atoms with E-state index in [0.29, 0.717) is 0 Å². The summed E-state index contributed by atoms with van der Waals surface area (Å²) in [6.07, 6.45) is 1.82. The van der Waals surface area contributed by atoms with Gasteiger partial charge in [-0.3, -0.25) is 4.79 Å². The number of carboxylic acid groups (broad SMARTS) is 1. The molecule has 0 amide bonds. The summed E-state index contributed by atoms with van der Waals surface area (Å²) in [5.41, 5.74) is -0.287. The second-order valence-corrected chi connectivity index (χ2v) is 10.3. The highest BCUT2D eigenvalue weighted by Gasteiger charge is 2.52. The lowest BCUT2D eigenvalue weighted by atomic mass is 10.1. The third-order valence-corrected chi connectivity index (χ3v) is 3.91. The molecular formula is C8H16O2Si. The fourth-order valence-corrected chi connectivity index (χ4v) is 4.17. The summed E-state index contributed by atoms with van der Waals surface area (Å²) < 4.78 is 0. The van der Waals surface area contributed by atoms with Gasteiger partial charge >= 0.3 is 5.97 Å². The summed E-state index contributed by atoms with van der Waals surface area (Å²) in [5, 5.41) is 8.89. The third-order valence-electron chi connectivity index (χ3n) is 2.18. The predicted octanol–water partition coefficient (Wildman–Crippen LogP) is 2.19. The lowest BCUT2D eigenvalue weighted by Crippen LogP contribution is -2.29. The van der Waals surface area contributed by atoms with E-state index in [0.717, 1.165) is 18.9 Å². The van der Waals surface area contributed by atoms with Gasteiger partial charge in [-0.1, -0.05) is 19.6 Å². The van der Waals surface area contributed by atoms with Crippen molar-refractivity contribution in [2.75, 3.05) is 0 Å². The van der Waals surface area contributed by atoms with Crippen LogP contribution in [0.5, 0.6) is 0 Å². The van der Waals surface area contributed by atoms with Crippen LogP contribution in [0.25, 0.3) is 0 Å². The number of carbonyl (C=O) groups is 1. The van der Waals surface area contributed by atoms with Crippen molar-refractivity contribution in [2.45, 2.75) is 38.5 Å². The van der Waals surface area contributed by atoms with Gasteiger partial charge < -0.3 is 5.11 Å². The summed E-state index contributed by atoms with van der Waals surface area (Å²) in [7, 11) is -1.17. The molecule has 0 spiro atoms. The van der Waals surface area contributed by atoms with Crippen molar-refractivity contribution in [3.05, 3.63) is 0 Å². The molecule has 1 saturated carbocycles. The van der Waals surface area contributed by atoms with Crippen LogP contribution < -0.4 is 0 Å². The molecule has 0 saturated heterocycles. The highest BCUT2D eigenvalue weighted by Crippen LogP contribution is 2.51. The molecule has 1 fully saturated rings. The highest BCUT2D eigenvalue weighted by molar-refractivity contribution is 6.76. The summed E-state index contributed by atoms with van der Waals surface area (Å²) in [6, 6.07) is 0.954. The lowest BCUT2D eigenvalue weighted by molar-refractivity contribution is -0.142. The van der Waals surface area contributed by atoms with Crippen molar-refractivity contribution in [3.63, 3.8) is 0 Å². The molecule has 2 nitrogen and oxygen atoms in total. The Bertz CT molecular complexity index is 177. The normalized spacial score (nSPS) is 21.4. The Kier molecular flexibility index (Phi) is 1.87. The van der Waals surface area contributed by atoms with E-state index in [1.807, 2.05) is 0 Å². The first-order valence-corrected chi connectivity index (χ1v) is 7.80. The van der Waals surface area contributed by atoms with Gasteiger partial charge in [0.25, 0.3) is 0 Å². The number of carboxylic acids is 1. The molecule has 0 aromatic heterocycles. The van der Waals surface area contributed by atoms with Crippen LogP contribution in [0.15, 0.2) is 0 Å². The molecule has 0 bridgehead atoms. The Morgan fingerprint density at radius 2 is 1.91 bits per heavy atom. The zero-order valence-corrected chi connectivity index (χ0v) is 8.48. The first-order valence-electron chi connectivity index (χ1n) is 4.09. The van der Waals surface area contributed by atoms with Crippen molar-refractivity contribution in [1.29, 1.82) is 0 Å². The Morgan fingerprint density at radius 3 is 2.00 bits per heavy atom. The van der Waals surface area contributed by atoms with Gasteiger partial charge in [0.2, 0.25) is 0 Å². The summed E-state index contributed by atoms with van der Waals surface area (Å²) in [6.45, 7) is 6.70. The van der Waals surface area contributed by atoms with Crippen molar-refractivity contribution < 1.29 is 9.90 Å². The van der Waals surface area contributed by atoms with Crippen LogP contribution in [-0.2, 0) is 4.79 Å². The maximum atomic E-state index is 10.8. The Morgan fingerprint density at radius 1 is 1.45 bits per heavy atom. The van der Waals surface area contributed by atoms with Crippen LogP contribution in [0, 0.1) is 5.41 Å². The molecule has 0 atom stereocenters. The van der Waals surface area contributed by atoms with Gasteiger partial charge in [-0.25, -0.2) is 0 Å². The van der Waals surface area contributed by atoms with E-state index in [2.05, 4.69) is 19.6 Å². The minimum atomic E-state index is -1.17. The zero-order chi connectivity index (χ0) is 8.70. The van der Waals surface area contributed by atoms with E-state index < -0.39 is 14.0 Å². The maximum Gasteiger partial charge on any atom is 0.309 e. The quantitative estimate of drug-likeness (QED) is 0.663. The minimum absolute atomic E-state index is 0.287. The van der Waals surface area contributed by atoms with Crippen molar-refractivity contribution in [1.82, 2.24) is 0 Å². The zero-order valence-electron chi connectivity index (χ0n) is 7.48. The molecule has 0 heterocycles. The van der Waals surface area contributed by atoms with Crippen LogP contribution in [0.4, 0.5) is 0 Å². The molecule has 0 aliphatic heterocycles. The molecule has 0 aromatic rings. The van der Waals surface area contributed by atoms with Crippen LogP contribution >= 0.6 is 0 Å². The van der Waals surface area contributed by atoms with E-state index in [9.17, 15) is 4.79 Å². The van der Waals surface area contributed by atoms with Crippen molar-refractivity contribution in [3.8, 4) is 0 Å². The molecule has 1 N–H and O–H groups in total. The van der Waals surface area contributed by atoms with Crippen molar-refractivity contribution >= 4 is 14.0 Å². The van der Waals surface area contributed by atoms with E-state index in [4.69, 9.17) is 5.11 Å². The summed E-state index contributed by atoms with van der Waals surface area (Å²) in [4.78, 5) is 10.8. The molecule has 0 radical (unpaired) electrons. The topological polar surface area (TPSA) is 37.3 Å². The second kappa shape index (κ2) is 2.34. The van der Waals surface area contributed by atoms with Gasteiger partial charge in [-0.2, -0.15) is 0 Å².